The summed E-state index contributed by atoms with van der Waals surface area (Å²) in [5.41, 5.74) is 6.06. The van der Waals surface area contributed by atoms with E-state index in [1.54, 1.807) is 6.07 Å². The molecule has 1 aromatic rings. The number of hydrogen-bond acceptors (Lipinski definition) is 6. The summed E-state index contributed by atoms with van der Waals surface area (Å²) >= 11 is 6.47. The molecule has 2 heterocycles. The first-order chi connectivity index (χ1) is 15.8. The average Bonchev–Trinajstić information content (AvgIpc) is 3.25. The first-order valence-electron chi connectivity index (χ1n) is 11.9. The normalized spacial score (nSPS) is 27.7. The maximum absolute atomic E-state index is 13.3. The monoisotopic (exact) mass is 474 g/mol. The van der Waals surface area contributed by atoms with Gasteiger partial charge in [0.25, 0.3) is 0 Å². The van der Waals surface area contributed by atoms with Crippen LogP contribution in [0.5, 0.6) is 0 Å². The van der Waals surface area contributed by atoms with Crippen molar-refractivity contribution < 1.29 is 14.3 Å². The zero-order chi connectivity index (χ0) is 24.0. The van der Waals surface area contributed by atoms with E-state index in [0.29, 0.717) is 42.3 Å². The zero-order valence-corrected chi connectivity index (χ0v) is 20.5. The van der Waals surface area contributed by atoms with E-state index in [9.17, 15) is 9.59 Å². The lowest BCUT2D eigenvalue weighted by molar-refractivity contribution is -0.134. The number of amides is 1. The summed E-state index contributed by atoms with van der Waals surface area (Å²) in [6.45, 7) is 6.46. The van der Waals surface area contributed by atoms with Crippen LogP contribution in [0.1, 0.15) is 64.9 Å². The minimum Gasteiger partial charge on any atom is -0.468 e. The number of nitrogens with two attached hydrogens (primary N) is 1. The van der Waals surface area contributed by atoms with Gasteiger partial charge in [-0.3, -0.25) is 14.6 Å². The lowest BCUT2D eigenvalue weighted by atomic mass is 9.80. The van der Waals surface area contributed by atoms with Crippen molar-refractivity contribution in [2.75, 3.05) is 6.54 Å². The smallest absolute Gasteiger partial charge is 0.245 e. The molecular weight excluding hydrogens is 440 g/mol. The molecule has 3 N–H and O–H groups in total. The Morgan fingerprint density at radius 1 is 1.33 bits per heavy atom. The van der Waals surface area contributed by atoms with Crippen LogP contribution in [-0.2, 0) is 19.9 Å². The van der Waals surface area contributed by atoms with Gasteiger partial charge in [0.15, 0.2) is 11.6 Å². The predicted molar refractivity (Wildman–Crippen MR) is 132 cm³/mol. The van der Waals surface area contributed by atoms with Crippen LogP contribution in [0.3, 0.4) is 0 Å². The van der Waals surface area contributed by atoms with Crippen LogP contribution in [-0.4, -0.2) is 48.5 Å². The van der Waals surface area contributed by atoms with Crippen molar-refractivity contribution in [2.45, 2.75) is 83.0 Å². The molecule has 3 rings (SSSR count). The zero-order valence-electron chi connectivity index (χ0n) is 19.7. The van der Waals surface area contributed by atoms with Crippen LogP contribution in [0.15, 0.2) is 34.3 Å². The number of nitrogens with zero attached hydrogens (tertiary/aromatic N) is 2. The Kier molecular flexibility index (Phi) is 8.65. The van der Waals surface area contributed by atoms with Gasteiger partial charge in [-0.15, -0.1) is 0 Å². The summed E-state index contributed by atoms with van der Waals surface area (Å²) in [5.74, 6) is 0.563. The number of rotatable bonds is 10. The van der Waals surface area contributed by atoms with Gasteiger partial charge in [0, 0.05) is 23.3 Å². The molecular formula is C25H35ClN4O3. The van der Waals surface area contributed by atoms with Crippen molar-refractivity contribution in [3.05, 3.63) is 34.9 Å². The Labute approximate surface area is 201 Å². The number of halogens is 1. The van der Waals surface area contributed by atoms with E-state index >= 15 is 0 Å². The van der Waals surface area contributed by atoms with Crippen LogP contribution in [0.4, 0.5) is 0 Å². The molecule has 2 aliphatic heterocycles. The van der Waals surface area contributed by atoms with Crippen molar-refractivity contribution in [2.24, 2.45) is 21.6 Å². The van der Waals surface area contributed by atoms with E-state index in [-0.39, 0.29) is 23.7 Å². The number of carbonyl (C=O) groups is 2. The third-order valence-corrected chi connectivity index (χ3v) is 6.90. The number of ketones is 1. The number of Topliss-reactive ketones (excluding diaryl/α,β-unsaturated/α-hetero) is 1. The second-order valence-electron chi connectivity index (χ2n) is 8.91. The molecule has 33 heavy (non-hydrogen) atoms. The quantitative estimate of drug-likeness (QED) is 0.503. The van der Waals surface area contributed by atoms with Crippen LogP contribution in [0.25, 0.3) is 0 Å². The minimum atomic E-state index is -1.09. The number of hydrogen-bond donors (Lipinski definition) is 2. The van der Waals surface area contributed by atoms with E-state index < -0.39 is 17.7 Å². The molecule has 0 aliphatic carbocycles. The molecule has 0 spiro atoms. The fourth-order valence-electron chi connectivity index (χ4n) is 4.48. The summed E-state index contributed by atoms with van der Waals surface area (Å²) in [7, 11) is 0. The third-order valence-electron chi connectivity index (χ3n) is 6.58. The van der Waals surface area contributed by atoms with Gasteiger partial charge < -0.3 is 15.8 Å². The van der Waals surface area contributed by atoms with E-state index in [0.717, 1.165) is 19.3 Å². The molecule has 0 fully saturated rings. The van der Waals surface area contributed by atoms with Gasteiger partial charge in [-0.1, -0.05) is 50.6 Å². The topological polar surface area (TPSA) is 106 Å². The maximum Gasteiger partial charge on any atom is 0.245 e. The Bertz CT molecular complexity index is 919. The second kappa shape index (κ2) is 11.3. The minimum absolute atomic E-state index is 0.0164. The summed E-state index contributed by atoms with van der Waals surface area (Å²) in [5, 5.41) is 3.48. The highest BCUT2D eigenvalue weighted by molar-refractivity contribution is 6.32. The van der Waals surface area contributed by atoms with Crippen LogP contribution in [0.2, 0.25) is 5.02 Å². The molecule has 5 atom stereocenters. The van der Waals surface area contributed by atoms with Crippen LogP contribution < -0.4 is 11.1 Å². The third kappa shape index (κ3) is 5.46. The summed E-state index contributed by atoms with van der Waals surface area (Å²) in [4.78, 5) is 34.6. The van der Waals surface area contributed by atoms with E-state index in [4.69, 9.17) is 27.1 Å². The second-order valence-corrected chi connectivity index (χ2v) is 9.31. The predicted octanol–water partition coefficient (Wildman–Crippen LogP) is 3.81. The first kappa shape index (κ1) is 25.4. The fourth-order valence-corrected chi connectivity index (χ4v) is 4.77. The van der Waals surface area contributed by atoms with Crippen molar-refractivity contribution in [1.82, 2.24) is 5.32 Å². The molecule has 7 nitrogen and oxygen atoms in total. The Morgan fingerprint density at radius 3 is 2.73 bits per heavy atom. The Morgan fingerprint density at radius 2 is 2.09 bits per heavy atom. The highest BCUT2D eigenvalue weighted by Gasteiger charge is 2.48. The molecule has 0 saturated carbocycles. The van der Waals surface area contributed by atoms with Crippen molar-refractivity contribution in [3.63, 3.8) is 0 Å². The van der Waals surface area contributed by atoms with Gasteiger partial charge in [-0.25, -0.2) is 4.99 Å². The molecule has 1 amide bonds. The molecule has 5 unspecified atom stereocenters. The number of benzene rings is 1. The largest absolute Gasteiger partial charge is 0.468 e. The molecule has 1 aromatic carbocycles. The van der Waals surface area contributed by atoms with Gasteiger partial charge in [0.2, 0.25) is 17.6 Å². The molecule has 2 aliphatic rings. The summed E-state index contributed by atoms with van der Waals surface area (Å²) < 4.78 is 5.95. The summed E-state index contributed by atoms with van der Waals surface area (Å²) in [6.07, 6.45) is 5.30. The highest BCUT2D eigenvalue weighted by Crippen LogP contribution is 2.40. The van der Waals surface area contributed by atoms with Gasteiger partial charge >= 0.3 is 0 Å². The van der Waals surface area contributed by atoms with Gasteiger partial charge in [0.05, 0.1) is 6.04 Å². The molecule has 0 bridgehead atoms. The molecule has 0 radical (unpaired) electrons. The van der Waals surface area contributed by atoms with E-state index in [1.165, 1.54) is 0 Å². The first-order valence-corrected chi connectivity index (χ1v) is 12.3. The highest BCUT2D eigenvalue weighted by atomic mass is 35.5. The lowest BCUT2D eigenvalue weighted by Gasteiger charge is -2.38. The maximum atomic E-state index is 13.3. The van der Waals surface area contributed by atoms with Crippen LogP contribution in [0, 0.1) is 5.92 Å². The van der Waals surface area contributed by atoms with Crippen molar-refractivity contribution >= 4 is 35.4 Å². The molecule has 8 heteroatoms. The van der Waals surface area contributed by atoms with Crippen LogP contribution >= 0.6 is 11.6 Å². The number of aliphatic imine (C=N–C) groups is 2. The number of unbranched alkanes of at least 4 members (excludes halogenated alkanes) is 1. The number of nitrogens with one attached hydrogen (secondary N) is 1. The van der Waals surface area contributed by atoms with Crippen molar-refractivity contribution in [3.8, 4) is 0 Å². The molecule has 0 saturated heterocycles. The Hall–Kier alpha value is -2.25. The van der Waals surface area contributed by atoms with Gasteiger partial charge in [0.1, 0.15) is 6.04 Å². The number of carbonyl (C=O) groups excluding carboxylic acids is 2. The standard InChI is InChI=1S/C25H35ClN4O3/c1-4-20-22(31)25(5-2,17-10-6-7-11-18(17)26)30-24(33-20)19(27)12-8-9-14-29-23(32)21-16(3)13-15-28-21/h6-7,10-11,15-16,19-21H,4-5,8-9,12-14,27H2,1-3H3,(H,29,32). The van der Waals surface area contributed by atoms with Gasteiger partial charge in [-0.05, 0) is 50.5 Å². The molecule has 0 aromatic heterocycles. The average molecular weight is 475 g/mol. The summed E-state index contributed by atoms with van der Waals surface area (Å²) in [6, 6.07) is 6.63. The lowest BCUT2D eigenvalue weighted by Crippen LogP contribution is -2.51. The molecule has 180 valence electrons. The number of ether oxygens (including phenoxy) is 1. The Balaban J connectivity index is 1.63. The SMILES string of the molecule is CCC1OC(C(N)CCCCNC(=O)C2N=CCC2C)=NC(CC)(c2ccccc2Cl)C1=O. The van der Waals surface area contributed by atoms with E-state index in [2.05, 4.69) is 10.3 Å². The van der Waals surface area contributed by atoms with E-state index in [1.807, 2.05) is 45.2 Å². The fraction of sp³-hybridized carbons (Fsp3) is 0.600. The van der Waals surface area contributed by atoms with Gasteiger partial charge in [-0.2, -0.15) is 0 Å². The van der Waals surface area contributed by atoms with Crippen molar-refractivity contribution in [1.29, 1.82) is 0 Å².